The van der Waals surface area contributed by atoms with Crippen molar-refractivity contribution in [1.29, 1.82) is 0 Å². The molecule has 0 aliphatic carbocycles. The molecule has 0 aliphatic heterocycles. The van der Waals surface area contributed by atoms with Gasteiger partial charge >= 0.3 is 6.01 Å². The van der Waals surface area contributed by atoms with Gasteiger partial charge in [0.15, 0.2) is 5.75 Å². The number of hydrogen-bond acceptors (Lipinski definition) is 8. The molecule has 8 nitrogen and oxygen atoms in total. The third-order valence-corrected chi connectivity index (χ3v) is 3.06. The first-order chi connectivity index (χ1) is 13.0. The van der Waals surface area contributed by atoms with E-state index in [0.717, 1.165) is 0 Å². The summed E-state index contributed by atoms with van der Waals surface area (Å²) in [5.74, 6) is 0.602. The van der Waals surface area contributed by atoms with E-state index >= 15 is 0 Å². The summed E-state index contributed by atoms with van der Waals surface area (Å²) >= 11 is 0. The standard InChI is InChI=1S/C19H28N2O6/c1-7-22-14(4)11-25-17-10-20-19(27-13-16(6)24-9-3)21-18(17)26-12-15(5)23-8-2/h7-10,14-16H,1-3,11-13H2,4-6H3. The largest absolute Gasteiger partial charge is 0.495 e. The fraction of sp³-hybridized carbons (Fsp3) is 0.474. The van der Waals surface area contributed by atoms with Crippen LogP contribution in [0.5, 0.6) is 17.6 Å². The summed E-state index contributed by atoms with van der Waals surface area (Å²) in [7, 11) is 0. The van der Waals surface area contributed by atoms with Crippen LogP contribution in [0, 0.1) is 0 Å². The summed E-state index contributed by atoms with van der Waals surface area (Å²) in [5.41, 5.74) is 0. The molecular formula is C19H28N2O6. The monoisotopic (exact) mass is 380 g/mol. The Morgan fingerprint density at radius 3 is 1.81 bits per heavy atom. The molecule has 0 aliphatic rings. The zero-order valence-corrected chi connectivity index (χ0v) is 16.1. The highest BCUT2D eigenvalue weighted by molar-refractivity contribution is 5.32. The normalized spacial score (nSPS) is 13.4. The van der Waals surface area contributed by atoms with Crippen LogP contribution in [0.25, 0.3) is 0 Å². The van der Waals surface area contributed by atoms with Gasteiger partial charge in [-0.2, -0.15) is 9.97 Å². The van der Waals surface area contributed by atoms with Crippen molar-refractivity contribution in [1.82, 2.24) is 9.97 Å². The van der Waals surface area contributed by atoms with Crippen LogP contribution in [-0.2, 0) is 14.2 Å². The number of aromatic nitrogens is 2. The van der Waals surface area contributed by atoms with Crippen LogP contribution in [0.15, 0.2) is 44.7 Å². The highest BCUT2D eigenvalue weighted by Crippen LogP contribution is 2.26. The minimum atomic E-state index is -0.210. The summed E-state index contributed by atoms with van der Waals surface area (Å²) in [6, 6.07) is 0.143. The van der Waals surface area contributed by atoms with Crippen LogP contribution in [0.3, 0.4) is 0 Å². The van der Waals surface area contributed by atoms with E-state index < -0.39 is 0 Å². The molecule has 150 valence electrons. The van der Waals surface area contributed by atoms with E-state index in [-0.39, 0.29) is 50.0 Å². The maximum absolute atomic E-state index is 5.70. The Labute approximate surface area is 160 Å². The van der Waals surface area contributed by atoms with Crippen molar-refractivity contribution in [2.45, 2.75) is 39.1 Å². The van der Waals surface area contributed by atoms with Gasteiger partial charge in [-0.3, -0.25) is 0 Å². The predicted octanol–water partition coefficient (Wildman–Crippen LogP) is 3.26. The molecule has 0 fully saturated rings. The van der Waals surface area contributed by atoms with E-state index in [0.29, 0.717) is 5.75 Å². The predicted molar refractivity (Wildman–Crippen MR) is 101 cm³/mol. The van der Waals surface area contributed by atoms with Gasteiger partial charge in [0.2, 0.25) is 0 Å². The lowest BCUT2D eigenvalue weighted by Crippen LogP contribution is -2.20. The molecule has 1 aromatic heterocycles. The lowest BCUT2D eigenvalue weighted by atomic mass is 10.4. The Hall–Kier alpha value is -2.90. The summed E-state index contributed by atoms with van der Waals surface area (Å²) in [6.45, 7) is 16.8. The van der Waals surface area contributed by atoms with Gasteiger partial charge in [0.1, 0.15) is 38.1 Å². The number of rotatable bonds is 15. The van der Waals surface area contributed by atoms with Crippen LogP contribution in [0.2, 0.25) is 0 Å². The summed E-state index contributed by atoms with van der Waals surface area (Å²) in [4.78, 5) is 8.39. The molecule has 0 saturated carbocycles. The van der Waals surface area contributed by atoms with Gasteiger partial charge in [0.05, 0.1) is 25.0 Å². The first-order valence-corrected chi connectivity index (χ1v) is 8.54. The molecule has 1 rings (SSSR count). The molecule has 3 unspecified atom stereocenters. The minimum Gasteiger partial charge on any atom is -0.495 e. The van der Waals surface area contributed by atoms with Gasteiger partial charge in [0, 0.05) is 0 Å². The van der Waals surface area contributed by atoms with Crippen LogP contribution in [-0.4, -0.2) is 48.1 Å². The molecule has 0 aromatic carbocycles. The fourth-order valence-corrected chi connectivity index (χ4v) is 1.82. The minimum absolute atomic E-state index is 0.143. The quantitative estimate of drug-likeness (QED) is 0.429. The molecule has 0 radical (unpaired) electrons. The average molecular weight is 380 g/mol. The van der Waals surface area contributed by atoms with Crippen molar-refractivity contribution >= 4 is 0 Å². The lowest BCUT2D eigenvalue weighted by molar-refractivity contribution is 0.0840. The molecule has 0 amide bonds. The van der Waals surface area contributed by atoms with Crippen molar-refractivity contribution < 1.29 is 28.4 Å². The summed E-state index contributed by atoms with van der Waals surface area (Å²) in [5, 5.41) is 0. The smallest absolute Gasteiger partial charge is 0.320 e. The van der Waals surface area contributed by atoms with Gasteiger partial charge < -0.3 is 28.4 Å². The number of nitrogens with zero attached hydrogens (tertiary/aromatic N) is 2. The highest BCUT2D eigenvalue weighted by Gasteiger charge is 2.15. The molecule has 27 heavy (non-hydrogen) atoms. The molecule has 0 bridgehead atoms. The van der Waals surface area contributed by atoms with E-state index in [1.807, 2.05) is 20.8 Å². The molecule has 0 saturated heterocycles. The van der Waals surface area contributed by atoms with Crippen LogP contribution in [0.1, 0.15) is 20.8 Å². The number of ether oxygens (including phenoxy) is 6. The van der Waals surface area contributed by atoms with Gasteiger partial charge in [0.25, 0.3) is 5.88 Å². The van der Waals surface area contributed by atoms with E-state index in [1.165, 1.54) is 25.0 Å². The molecular weight excluding hydrogens is 352 g/mol. The lowest BCUT2D eigenvalue weighted by Gasteiger charge is -2.17. The van der Waals surface area contributed by atoms with Gasteiger partial charge in [-0.05, 0) is 20.8 Å². The van der Waals surface area contributed by atoms with E-state index in [1.54, 1.807) is 0 Å². The van der Waals surface area contributed by atoms with Crippen molar-refractivity contribution in [3.05, 3.63) is 44.7 Å². The fourth-order valence-electron chi connectivity index (χ4n) is 1.82. The van der Waals surface area contributed by atoms with Gasteiger partial charge in [-0.25, -0.2) is 0 Å². The second kappa shape index (κ2) is 12.5. The van der Waals surface area contributed by atoms with Crippen LogP contribution >= 0.6 is 0 Å². The Bertz CT molecular complexity index is 596. The number of hydrogen-bond donors (Lipinski definition) is 0. The maximum Gasteiger partial charge on any atom is 0.320 e. The Morgan fingerprint density at radius 1 is 0.815 bits per heavy atom. The van der Waals surface area contributed by atoms with Crippen molar-refractivity contribution in [3.63, 3.8) is 0 Å². The molecule has 3 atom stereocenters. The van der Waals surface area contributed by atoms with Crippen LogP contribution in [0.4, 0.5) is 0 Å². The third kappa shape index (κ3) is 8.84. The van der Waals surface area contributed by atoms with E-state index in [4.69, 9.17) is 28.4 Å². The topological polar surface area (TPSA) is 81.2 Å². The molecule has 0 N–H and O–H groups in total. The maximum atomic E-state index is 5.70. The highest BCUT2D eigenvalue weighted by atomic mass is 16.6. The van der Waals surface area contributed by atoms with Crippen molar-refractivity contribution in [3.8, 4) is 17.6 Å². The molecule has 0 spiro atoms. The second-order valence-electron chi connectivity index (χ2n) is 5.60. The van der Waals surface area contributed by atoms with Crippen LogP contribution < -0.4 is 14.2 Å². The summed E-state index contributed by atoms with van der Waals surface area (Å²) < 4.78 is 32.6. The van der Waals surface area contributed by atoms with E-state index in [9.17, 15) is 0 Å². The average Bonchev–Trinajstić information content (AvgIpc) is 2.64. The molecule has 8 heteroatoms. The first-order valence-electron chi connectivity index (χ1n) is 8.54. The zero-order chi connectivity index (χ0) is 20.1. The zero-order valence-electron chi connectivity index (χ0n) is 16.1. The van der Waals surface area contributed by atoms with Crippen molar-refractivity contribution in [2.24, 2.45) is 0 Å². The molecule has 1 heterocycles. The Morgan fingerprint density at radius 2 is 1.30 bits per heavy atom. The Kier molecular flexibility index (Phi) is 10.2. The van der Waals surface area contributed by atoms with E-state index in [2.05, 4.69) is 29.7 Å². The first kappa shape index (κ1) is 22.1. The SMILES string of the molecule is C=COC(C)COc1ncc(OCC(C)OC=C)c(OCC(C)OC=C)n1. The molecule has 1 aromatic rings. The van der Waals surface area contributed by atoms with Gasteiger partial charge in [-0.15, -0.1) is 0 Å². The van der Waals surface area contributed by atoms with Gasteiger partial charge in [-0.1, -0.05) is 19.7 Å². The Balaban J connectivity index is 2.81. The second-order valence-corrected chi connectivity index (χ2v) is 5.60. The summed E-state index contributed by atoms with van der Waals surface area (Å²) in [6.07, 6.45) is 4.97. The van der Waals surface area contributed by atoms with Crippen molar-refractivity contribution in [2.75, 3.05) is 19.8 Å². The third-order valence-electron chi connectivity index (χ3n) is 3.06.